The highest BCUT2D eigenvalue weighted by Crippen LogP contribution is 2.39. The molecule has 2 heterocycles. The van der Waals surface area contributed by atoms with Gasteiger partial charge < -0.3 is 5.11 Å². The fourth-order valence-corrected chi connectivity index (χ4v) is 3.56. The van der Waals surface area contributed by atoms with E-state index in [2.05, 4.69) is 15.2 Å². The second-order valence-corrected chi connectivity index (χ2v) is 6.35. The molecule has 1 aliphatic rings. The summed E-state index contributed by atoms with van der Waals surface area (Å²) in [5.41, 5.74) is -0.662. The van der Waals surface area contributed by atoms with Crippen LogP contribution < -0.4 is 0 Å². The lowest BCUT2D eigenvalue weighted by atomic mass is 9.72. The number of rotatable bonds is 4. The highest BCUT2D eigenvalue weighted by atomic mass is 32.1. The van der Waals surface area contributed by atoms with E-state index in [4.69, 9.17) is 0 Å². The molecule has 0 radical (unpaired) electrons. The number of carbonyl (C=O) groups is 1. The first kappa shape index (κ1) is 13.3. The third-order valence-electron chi connectivity index (χ3n) is 4.04. The van der Waals surface area contributed by atoms with Gasteiger partial charge in [-0.15, -0.1) is 11.3 Å². The van der Waals surface area contributed by atoms with Crippen molar-refractivity contribution in [2.45, 2.75) is 38.5 Å². The number of aromatic nitrogens is 3. The number of carboxylic acid groups (broad SMARTS) is 1. The molecule has 0 atom stereocenters. The van der Waals surface area contributed by atoms with Crippen molar-refractivity contribution in [2.24, 2.45) is 5.41 Å². The average molecular weight is 291 g/mol. The summed E-state index contributed by atoms with van der Waals surface area (Å²) in [5, 5.41) is 18.7. The van der Waals surface area contributed by atoms with E-state index in [1.807, 2.05) is 17.5 Å². The lowest BCUT2D eigenvalue weighted by Gasteiger charge is -2.32. The van der Waals surface area contributed by atoms with Gasteiger partial charge in [-0.05, 0) is 24.3 Å². The number of nitrogens with one attached hydrogen (secondary N) is 1. The van der Waals surface area contributed by atoms with Crippen LogP contribution in [0.2, 0.25) is 0 Å². The van der Waals surface area contributed by atoms with Crippen molar-refractivity contribution in [1.29, 1.82) is 0 Å². The minimum atomic E-state index is -0.703. The summed E-state index contributed by atoms with van der Waals surface area (Å²) in [6, 6.07) is 3.92. The first-order chi connectivity index (χ1) is 9.70. The van der Waals surface area contributed by atoms with Gasteiger partial charge in [-0.2, -0.15) is 5.10 Å². The maximum atomic E-state index is 11.7. The molecule has 1 aliphatic carbocycles. The Kier molecular flexibility index (Phi) is 3.56. The number of carboxylic acids is 1. The molecule has 0 spiro atoms. The summed E-state index contributed by atoms with van der Waals surface area (Å²) in [6.07, 6.45) is 5.01. The zero-order valence-electron chi connectivity index (χ0n) is 11.1. The Bertz CT molecular complexity index is 585. The molecule has 1 fully saturated rings. The lowest BCUT2D eigenvalue weighted by molar-refractivity contribution is -0.151. The molecular weight excluding hydrogens is 274 g/mol. The molecule has 6 heteroatoms. The highest BCUT2D eigenvalue weighted by Gasteiger charge is 2.40. The standard InChI is InChI=1S/C14H17N3O2S/c18-13(19)14(6-2-1-3-7-14)9-11-15-12(17-16-11)10-5-4-8-20-10/h4-5,8H,1-3,6-7,9H2,(H,18,19)(H,15,16,17). The predicted molar refractivity (Wildman–Crippen MR) is 76.6 cm³/mol. The molecular formula is C14H17N3O2S. The van der Waals surface area contributed by atoms with Gasteiger partial charge in [0.15, 0.2) is 5.82 Å². The van der Waals surface area contributed by atoms with Gasteiger partial charge in [-0.3, -0.25) is 9.89 Å². The summed E-state index contributed by atoms with van der Waals surface area (Å²) < 4.78 is 0. The lowest BCUT2D eigenvalue weighted by Crippen LogP contribution is -2.35. The second kappa shape index (κ2) is 5.36. The van der Waals surface area contributed by atoms with Gasteiger partial charge in [0.2, 0.25) is 0 Å². The Morgan fingerprint density at radius 1 is 1.40 bits per heavy atom. The Hall–Kier alpha value is -1.69. The number of hydrogen-bond donors (Lipinski definition) is 2. The number of H-pyrrole nitrogens is 1. The monoisotopic (exact) mass is 291 g/mol. The molecule has 0 aromatic carbocycles. The van der Waals surface area contributed by atoms with E-state index < -0.39 is 11.4 Å². The van der Waals surface area contributed by atoms with Gasteiger partial charge in [0.05, 0.1) is 10.3 Å². The van der Waals surface area contributed by atoms with Crippen molar-refractivity contribution in [2.75, 3.05) is 0 Å². The first-order valence-corrected chi connectivity index (χ1v) is 7.76. The molecule has 2 aromatic heterocycles. The maximum absolute atomic E-state index is 11.7. The van der Waals surface area contributed by atoms with Gasteiger partial charge in [0.25, 0.3) is 0 Å². The summed E-state index contributed by atoms with van der Waals surface area (Å²) in [5.74, 6) is 0.635. The van der Waals surface area contributed by atoms with E-state index >= 15 is 0 Å². The van der Waals surface area contributed by atoms with Gasteiger partial charge >= 0.3 is 5.97 Å². The van der Waals surface area contributed by atoms with E-state index in [-0.39, 0.29) is 0 Å². The fraction of sp³-hybridized carbons (Fsp3) is 0.500. The van der Waals surface area contributed by atoms with Crippen molar-refractivity contribution in [3.63, 3.8) is 0 Å². The van der Waals surface area contributed by atoms with Crippen LogP contribution in [0, 0.1) is 5.41 Å². The third kappa shape index (κ3) is 2.47. The number of thiophene rings is 1. The Morgan fingerprint density at radius 3 is 2.85 bits per heavy atom. The van der Waals surface area contributed by atoms with Gasteiger partial charge in [0, 0.05) is 6.42 Å². The van der Waals surface area contributed by atoms with Crippen molar-refractivity contribution in [1.82, 2.24) is 15.2 Å². The summed E-state index contributed by atoms with van der Waals surface area (Å²) in [7, 11) is 0. The third-order valence-corrected chi connectivity index (χ3v) is 4.91. The number of aliphatic carboxylic acids is 1. The van der Waals surface area contributed by atoms with Crippen molar-refractivity contribution >= 4 is 17.3 Å². The largest absolute Gasteiger partial charge is 0.481 e. The normalized spacial score (nSPS) is 18.0. The molecule has 0 amide bonds. The van der Waals surface area contributed by atoms with Crippen molar-refractivity contribution in [3.8, 4) is 10.7 Å². The topological polar surface area (TPSA) is 78.9 Å². The molecule has 3 rings (SSSR count). The molecule has 2 aromatic rings. The molecule has 5 nitrogen and oxygen atoms in total. The molecule has 0 unspecified atom stereocenters. The Labute approximate surface area is 121 Å². The van der Waals surface area contributed by atoms with Crippen LogP contribution in [0.25, 0.3) is 10.7 Å². The minimum absolute atomic E-state index is 0.445. The average Bonchev–Trinajstić information content (AvgIpc) is 3.10. The molecule has 0 bridgehead atoms. The molecule has 0 aliphatic heterocycles. The minimum Gasteiger partial charge on any atom is -0.481 e. The molecule has 0 saturated heterocycles. The molecule has 1 saturated carbocycles. The second-order valence-electron chi connectivity index (χ2n) is 5.41. The first-order valence-electron chi connectivity index (χ1n) is 6.88. The zero-order valence-corrected chi connectivity index (χ0v) is 11.9. The predicted octanol–water partition coefficient (Wildman–Crippen LogP) is 3.11. The van der Waals surface area contributed by atoms with E-state index in [9.17, 15) is 9.90 Å². The smallest absolute Gasteiger partial charge is 0.310 e. The summed E-state index contributed by atoms with van der Waals surface area (Å²) >= 11 is 1.58. The van der Waals surface area contributed by atoms with Gasteiger partial charge in [-0.25, -0.2) is 4.98 Å². The van der Waals surface area contributed by atoms with Crippen LogP contribution in [0.4, 0.5) is 0 Å². The van der Waals surface area contributed by atoms with Crippen LogP contribution in [0.1, 0.15) is 37.9 Å². The molecule has 106 valence electrons. The van der Waals surface area contributed by atoms with Crippen LogP contribution in [0.15, 0.2) is 17.5 Å². The van der Waals surface area contributed by atoms with Crippen molar-refractivity contribution in [3.05, 3.63) is 23.3 Å². The number of nitrogens with zero attached hydrogens (tertiary/aromatic N) is 2. The maximum Gasteiger partial charge on any atom is 0.310 e. The van der Waals surface area contributed by atoms with E-state index in [0.29, 0.717) is 18.1 Å². The Morgan fingerprint density at radius 2 is 2.20 bits per heavy atom. The number of aromatic amines is 1. The SMILES string of the molecule is O=C(O)C1(Cc2nc(-c3cccs3)n[nH]2)CCCCC1. The highest BCUT2D eigenvalue weighted by molar-refractivity contribution is 7.13. The zero-order chi connectivity index (χ0) is 14.0. The summed E-state index contributed by atoms with van der Waals surface area (Å²) in [6.45, 7) is 0. The van der Waals surface area contributed by atoms with Crippen LogP contribution in [-0.4, -0.2) is 26.3 Å². The van der Waals surface area contributed by atoms with Crippen LogP contribution in [0.5, 0.6) is 0 Å². The fourth-order valence-electron chi connectivity index (χ4n) is 2.91. The van der Waals surface area contributed by atoms with Crippen LogP contribution in [0.3, 0.4) is 0 Å². The van der Waals surface area contributed by atoms with Crippen LogP contribution >= 0.6 is 11.3 Å². The van der Waals surface area contributed by atoms with Crippen LogP contribution in [-0.2, 0) is 11.2 Å². The van der Waals surface area contributed by atoms with Gasteiger partial charge in [0.1, 0.15) is 5.82 Å². The van der Waals surface area contributed by atoms with E-state index in [1.54, 1.807) is 11.3 Å². The van der Waals surface area contributed by atoms with Crippen molar-refractivity contribution < 1.29 is 9.90 Å². The molecule has 20 heavy (non-hydrogen) atoms. The quantitative estimate of drug-likeness (QED) is 0.907. The van der Waals surface area contributed by atoms with E-state index in [1.165, 1.54) is 0 Å². The summed E-state index contributed by atoms with van der Waals surface area (Å²) in [4.78, 5) is 17.1. The van der Waals surface area contributed by atoms with E-state index in [0.717, 1.165) is 37.0 Å². The Balaban J connectivity index is 1.81. The number of hydrogen-bond acceptors (Lipinski definition) is 4. The molecule has 2 N–H and O–H groups in total. The van der Waals surface area contributed by atoms with Gasteiger partial charge in [-0.1, -0.05) is 25.3 Å².